The van der Waals surface area contributed by atoms with Crippen molar-refractivity contribution in [3.05, 3.63) is 29.8 Å². The molecule has 0 saturated heterocycles. The van der Waals surface area contributed by atoms with Crippen molar-refractivity contribution in [1.82, 2.24) is 4.90 Å². The monoisotopic (exact) mass is 321 g/mol. The molecule has 0 fully saturated rings. The van der Waals surface area contributed by atoms with E-state index in [0.29, 0.717) is 18.7 Å². The Morgan fingerprint density at radius 1 is 1.24 bits per heavy atom. The summed E-state index contributed by atoms with van der Waals surface area (Å²) in [4.78, 5) is 13.1. The van der Waals surface area contributed by atoms with Crippen LogP contribution in [0.1, 0.15) is 31.9 Å². The van der Waals surface area contributed by atoms with E-state index < -0.39 is 11.5 Å². The Kier molecular flexibility index (Phi) is 6.54. The van der Waals surface area contributed by atoms with Crippen LogP contribution < -0.4 is 0 Å². The van der Waals surface area contributed by atoms with Crippen molar-refractivity contribution in [2.75, 3.05) is 13.1 Å². The van der Waals surface area contributed by atoms with Crippen LogP contribution in [0.25, 0.3) is 0 Å². The number of alkyl halides is 3. The van der Waals surface area contributed by atoms with E-state index in [1.54, 1.807) is 12.1 Å². The van der Waals surface area contributed by atoms with Crippen LogP contribution in [-0.2, 0) is 4.79 Å². The third-order valence-corrected chi connectivity index (χ3v) is 3.86. The minimum Gasteiger partial charge on any atom is -0.481 e. The Labute approximate surface area is 126 Å². The molecule has 1 atom stereocenters. The van der Waals surface area contributed by atoms with E-state index in [9.17, 15) is 18.0 Å². The molecule has 0 aliphatic rings. The molecule has 0 saturated carbocycles. The average molecular weight is 321 g/mol. The molecule has 7 heteroatoms. The zero-order chi connectivity index (χ0) is 16.0. The molecule has 1 aromatic rings. The molecule has 0 amide bonds. The van der Waals surface area contributed by atoms with E-state index >= 15 is 0 Å². The predicted octanol–water partition coefficient (Wildman–Crippen LogP) is 4.16. The van der Waals surface area contributed by atoms with E-state index in [2.05, 4.69) is 0 Å². The second-order valence-electron chi connectivity index (χ2n) is 4.45. The van der Waals surface area contributed by atoms with Crippen molar-refractivity contribution in [2.45, 2.75) is 36.7 Å². The van der Waals surface area contributed by atoms with Gasteiger partial charge in [-0.2, -0.15) is 13.2 Å². The predicted molar refractivity (Wildman–Crippen MR) is 76.3 cm³/mol. The number of nitrogens with zero attached hydrogens (tertiary/aromatic N) is 1. The van der Waals surface area contributed by atoms with Gasteiger partial charge in [-0.05, 0) is 42.5 Å². The number of hydrogen-bond donors (Lipinski definition) is 1. The minimum atomic E-state index is -4.32. The van der Waals surface area contributed by atoms with Gasteiger partial charge in [-0.25, -0.2) is 0 Å². The van der Waals surface area contributed by atoms with Gasteiger partial charge in [0.2, 0.25) is 0 Å². The van der Waals surface area contributed by atoms with Crippen LogP contribution in [0, 0.1) is 0 Å². The van der Waals surface area contributed by atoms with Crippen molar-refractivity contribution < 1.29 is 23.1 Å². The first-order valence-corrected chi connectivity index (χ1v) is 7.40. The van der Waals surface area contributed by atoms with Gasteiger partial charge in [-0.1, -0.05) is 26.0 Å². The minimum absolute atomic E-state index is 0.0760. The van der Waals surface area contributed by atoms with Crippen LogP contribution >= 0.6 is 11.8 Å². The fourth-order valence-corrected chi connectivity index (χ4v) is 2.72. The largest absolute Gasteiger partial charge is 0.481 e. The highest BCUT2D eigenvalue weighted by molar-refractivity contribution is 8.00. The number of carbonyl (C=O) groups is 1. The number of rotatable bonds is 7. The Morgan fingerprint density at radius 2 is 1.76 bits per heavy atom. The molecule has 118 valence electrons. The number of carboxylic acids is 1. The normalized spacial score (nSPS) is 13.4. The number of carboxylic acid groups (broad SMARTS) is 1. The summed E-state index contributed by atoms with van der Waals surface area (Å²) in [5.74, 6) is -0.930. The summed E-state index contributed by atoms with van der Waals surface area (Å²) in [6.07, 6.45) is -0.0760. The lowest BCUT2D eigenvalue weighted by atomic mass is 10.0. The molecule has 3 nitrogen and oxygen atoms in total. The molecule has 21 heavy (non-hydrogen) atoms. The number of aliphatic carboxylic acids is 1. The highest BCUT2D eigenvalue weighted by atomic mass is 32.2. The van der Waals surface area contributed by atoms with Gasteiger partial charge in [-0.15, -0.1) is 0 Å². The van der Waals surface area contributed by atoms with E-state index in [1.807, 2.05) is 18.7 Å². The Bertz CT molecular complexity index is 458. The van der Waals surface area contributed by atoms with Gasteiger partial charge >= 0.3 is 11.5 Å². The van der Waals surface area contributed by atoms with Gasteiger partial charge in [0.1, 0.15) is 0 Å². The molecule has 0 heterocycles. The quantitative estimate of drug-likeness (QED) is 0.766. The number of hydrogen-bond acceptors (Lipinski definition) is 3. The third kappa shape index (κ3) is 5.97. The lowest BCUT2D eigenvalue weighted by Crippen LogP contribution is -2.30. The Hall–Kier alpha value is -1.21. The van der Waals surface area contributed by atoms with Gasteiger partial charge in [0.25, 0.3) is 0 Å². The number of halogens is 3. The van der Waals surface area contributed by atoms with Gasteiger partial charge in [0.05, 0.1) is 6.42 Å². The lowest BCUT2D eigenvalue weighted by Gasteiger charge is -2.29. The highest BCUT2D eigenvalue weighted by Gasteiger charge is 2.29. The smallest absolute Gasteiger partial charge is 0.446 e. The van der Waals surface area contributed by atoms with Crippen LogP contribution in [0.3, 0.4) is 0 Å². The molecule has 0 aliphatic heterocycles. The topological polar surface area (TPSA) is 40.5 Å². The SMILES string of the molecule is CCN(CC)C(CC(=O)O)c1ccc(SC(F)(F)F)cc1. The zero-order valence-electron chi connectivity index (χ0n) is 11.9. The van der Waals surface area contributed by atoms with Crippen molar-refractivity contribution in [3.8, 4) is 0 Å². The number of benzene rings is 1. The second kappa shape index (κ2) is 7.70. The molecule has 1 N–H and O–H groups in total. The summed E-state index contributed by atoms with van der Waals surface area (Å²) in [7, 11) is 0. The third-order valence-electron chi connectivity index (χ3n) is 3.12. The summed E-state index contributed by atoms with van der Waals surface area (Å²) in [6, 6.07) is 5.57. The van der Waals surface area contributed by atoms with Gasteiger partial charge in [0.15, 0.2) is 0 Å². The molecule has 0 spiro atoms. The van der Waals surface area contributed by atoms with Crippen LogP contribution in [0.15, 0.2) is 29.2 Å². The maximum absolute atomic E-state index is 12.3. The van der Waals surface area contributed by atoms with E-state index in [-0.39, 0.29) is 29.1 Å². The first kappa shape index (κ1) is 17.8. The summed E-state index contributed by atoms with van der Waals surface area (Å²) < 4.78 is 36.9. The van der Waals surface area contributed by atoms with E-state index in [4.69, 9.17) is 5.11 Å². The summed E-state index contributed by atoms with van der Waals surface area (Å²) in [5, 5.41) is 9.01. The lowest BCUT2D eigenvalue weighted by molar-refractivity contribution is -0.138. The summed E-state index contributed by atoms with van der Waals surface area (Å²) >= 11 is -0.175. The fraction of sp³-hybridized carbons (Fsp3) is 0.500. The Morgan fingerprint density at radius 3 is 2.14 bits per heavy atom. The second-order valence-corrected chi connectivity index (χ2v) is 5.59. The fourth-order valence-electron chi connectivity index (χ4n) is 2.18. The van der Waals surface area contributed by atoms with Crippen LogP contribution in [-0.4, -0.2) is 34.6 Å². The molecule has 1 rings (SSSR count). The Balaban J connectivity index is 2.95. The molecule has 1 aromatic carbocycles. The summed E-state index contributed by atoms with van der Waals surface area (Å²) in [5.41, 5.74) is -3.60. The van der Waals surface area contributed by atoms with Crippen molar-refractivity contribution >= 4 is 17.7 Å². The van der Waals surface area contributed by atoms with Crippen LogP contribution in [0.2, 0.25) is 0 Å². The molecular formula is C14H18F3NO2S. The first-order valence-electron chi connectivity index (χ1n) is 6.58. The maximum Gasteiger partial charge on any atom is 0.446 e. The number of thioether (sulfide) groups is 1. The zero-order valence-corrected chi connectivity index (χ0v) is 12.7. The van der Waals surface area contributed by atoms with E-state index in [1.165, 1.54) is 12.1 Å². The van der Waals surface area contributed by atoms with Crippen molar-refractivity contribution in [1.29, 1.82) is 0 Å². The van der Waals surface area contributed by atoms with Crippen molar-refractivity contribution in [2.24, 2.45) is 0 Å². The van der Waals surface area contributed by atoms with Crippen LogP contribution in [0.4, 0.5) is 13.2 Å². The standard InChI is InChI=1S/C14H18F3NO2S/c1-3-18(4-2)12(9-13(19)20)10-5-7-11(8-6-10)21-14(15,16)17/h5-8,12H,3-4,9H2,1-2H3,(H,19,20). The molecule has 0 radical (unpaired) electrons. The average Bonchev–Trinajstić information content (AvgIpc) is 2.37. The van der Waals surface area contributed by atoms with Crippen LogP contribution in [0.5, 0.6) is 0 Å². The van der Waals surface area contributed by atoms with Gasteiger partial charge in [-0.3, -0.25) is 9.69 Å². The van der Waals surface area contributed by atoms with E-state index in [0.717, 1.165) is 0 Å². The van der Waals surface area contributed by atoms with Crippen molar-refractivity contribution in [3.63, 3.8) is 0 Å². The molecule has 0 aliphatic carbocycles. The first-order chi connectivity index (χ1) is 9.76. The van der Waals surface area contributed by atoms with Gasteiger partial charge < -0.3 is 5.11 Å². The highest BCUT2D eigenvalue weighted by Crippen LogP contribution is 2.37. The summed E-state index contributed by atoms with van der Waals surface area (Å²) in [6.45, 7) is 5.19. The molecule has 0 aromatic heterocycles. The van der Waals surface area contributed by atoms with Gasteiger partial charge in [0, 0.05) is 10.9 Å². The molecular weight excluding hydrogens is 303 g/mol. The molecule has 1 unspecified atom stereocenters. The maximum atomic E-state index is 12.3. The molecule has 0 bridgehead atoms.